The van der Waals surface area contributed by atoms with Crippen LogP contribution in [0, 0.1) is 5.92 Å². The lowest BCUT2D eigenvalue weighted by Crippen LogP contribution is -2.40. The zero-order valence-corrected chi connectivity index (χ0v) is 14.5. The Labute approximate surface area is 139 Å². The van der Waals surface area contributed by atoms with Crippen molar-refractivity contribution in [3.63, 3.8) is 0 Å². The second-order valence-corrected chi connectivity index (χ2v) is 6.97. The molecule has 0 bridgehead atoms. The van der Waals surface area contributed by atoms with Crippen LogP contribution < -0.4 is 0 Å². The van der Waals surface area contributed by atoms with Crippen LogP contribution in [0.25, 0.3) is 0 Å². The van der Waals surface area contributed by atoms with Crippen LogP contribution in [0.15, 0.2) is 30.3 Å². The number of hydrogen-bond acceptors (Lipinski definition) is 3. The molecule has 1 amide bonds. The number of amides is 1. The molecule has 1 fully saturated rings. The van der Waals surface area contributed by atoms with Gasteiger partial charge in [0.25, 0.3) is 0 Å². The second-order valence-electron chi connectivity index (χ2n) is 6.97. The Balaban J connectivity index is 1.85. The summed E-state index contributed by atoms with van der Waals surface area (Å²) in [5, 5.41) is 10.7. The van der Waals surface area contributed by atoms with E-state index in [0.29, 0.717) is 25.0 Å². The standard InChI is InChI=1S/C19H29NO3/c1-19(22,16-7-5-4-6-8-16)14-20(2)18(21)13-15-9-11-17(23-3)12-10-15/h4-8,15,17,22H,9-14H2,1-3H3. The second kappa shape index (κ2) is 7.93. The largest absolute Gasteiger partial charge is 0.384 e. The minimum Gasteiger partial charge on any atom is -0.384 e. The smallest absolute Gasteiger partial charge is 0.222 e. The van der Waals surface area contributed by atoms with Crippen LogP contribution in [0.3, 0.4) is 0 Å². The van der Waals surface area contributed by atoms with E-state index in [4.69, 9.17) is 4.74 Å². The summed E-state index contributed by atoms with van der Waals surface area (Å²) < 4.78 is 5.38. The Morgan fingerprint density at radius 3 is 2.43 bits per heavy atom. The first-order chi connectivity index (χ1) is 10.9. The molecule has 0 spiro atoms. The van der Waals surface area contributed by atoms with Crippen molar-refractivity contribution in [1.82, 2.24) is 4.90 Å². The third-order valence-electron chi connectivity index (χ3n) is 4.96. The average molecular weight is 319 g/mol. The lowest BCUT2D eigenvalue weighted by molar-refractivity contribution is -0.134. The minimum absolute atomic E-state index is 0.113. The molecule has 1 aromatic rings. The number of methoxy groups -OCH3 is 1. The molecule has 2 rings (SSSR count). The van der Waals surface area contributed by atoms with Crippen LogP contribution in [0.5, 0.6) is 0 Å². The van der Waals surface area contributed by atoms with Crippen molar-refractivity contribution in [2.24, 2.45) is 5.92 Å². The minimum atomic E-state index is -1.03. The fourth-order valence-corrected chi connectivity index (χ4v) is 3.41. The highest BCUT2D eigenvalue weighted by molar-refractivity contribution is 5.76. The SMILES string of the molecule is COC1CCC(CC(=O)N(C)CC(C)(O)c2ccccc2)CC1. The highest BCUT2D eigenvalue weighted by Crippen LogP contribution is 2.29. The molecule has 4 heteroatoms. The number of hydrogen-bond donors (Lipinski definition) is 1. The van der Waals surface area contributed by atoms with Gasteiger partial charge in [-0.1, -0.05) is 30.3 Å². The third-order valence-corrected chi connectivity index (χ3v) is 4.96. The fourth-order valence-electron chi connectivity index (χ4n) is 3.41. The van der Waals surface area contributed by atoms with Crippen molar-refractivity contribution < 1.29 is 14.6 Å². The van der Waals surface area contributed by atoms with Crippen molar-refractivity contribution >= 4 is 5.91 Å². The molecule has 0 saturated heterocycles. The summed E-state index contributed by atoms with van der Waals surface area (Å²) in [6.07, 6.45) is 5.11. The maximum Gasteiger partial charge on any atom is 0.222 e. The van der Waals surface area contributed by atoms with Gasteiger partial charge in [0.1, 0.15) is 5.60 Å². The van der Waals surface area contributed by atoms with Gasteiger partial charge in [0.2, 0.25) is 5.91 Å². The van der Waals surface area contributed by atoms with Gasteiger partial charge in [-0.2, -0.15) is 0 Å². The summed E-state index contributed by atoms with van der Waals surface area (Å²) in [5.41, 5.74) is -0.195. The van der Waals surface area contributed by atoms with Crippen LogP contribution in [-0.2, 0) is 15.1 Å². The lowest BCUT2D eigenvalue weighted by Gasteiger charge is -2.32. The Morgan fingerprint density at radius 2 is 1.87 bits per heavy atom. The topological polar surface area (TPSA) is 49.8 Å². The van der Waals surface area contributed by atoms with E-state index in [0.717, 1.165) is 31.2 Å². The van der Waals surface area contributed by atoms with E-state index in [1.807, 2.05) is 30.3 Å². The van der Waals surface area contributed by atoms with Gasteiger partial charge in [-0.15, -0.1) is 0 Å². The van der Waals surface area contributed by atoms with Crippen molar-refractivity contribution in [2.45, 2.75) is 50.7 Å². The Morgan fingerprint density at radius 1 is 1.26 bits per heavy atom. The van der Waals surface area contributed by atoms with E-state index in [-0.39, 0.29) is 5.91 Å². The molecule has 128 valence electrons. The van der Waals surface area contributed by atoms with E-state index in [2.05, 4.69) is 0 Å². The third kappa shape index (κ3) is 5.05. The number of benzene rings is 1. The number of carbonyl (C=O) groups is 1. The zero-order chi connectivity index (χ0) is 16.9. The lowest BCUT2D eigenvalue weighted by atomic mass is 9.85. The quantitative estimate of drug-likeness (QED) is 0.877. The monoisotopic (exact) mass is 319 g/mol. The summed E-state index contributed by atoms with van der Waals surface area (Å²) in [5.74, 6) is 0.556. The van der Waals surface area contributed by atoms with Gasteiger partial charge in [-0.3, -0.25) is 4.79 Å². The van der Waals surface area contributed by atoms with Gasteiger partial charge in [0.05, 0.1) is 12.6 Å². The van der Waals surface area contributed by atoms with E-state index in [1.54, 1.807) is 26.0 Å². The summed E-state index contributed by atoms with van der Waals surface area (Å²) in [4.78, 5) is 14.1. The Kier molecular flexibility index (Phi) is 6.19. The molecule has 0 heterocycles. The summed E-state index contributed by atoms with van der Waals surface area (Å²) in [7, 11) is 3.54. The fraction of sp³-hybridized carbons (Fsp3) is 0.632. The maximum absolute atomic E-state index is 12.5. The normalized spacial score (nSPS) is 24.0. The van der Waals surface area contributed by atoms with Crippen LogP contribution in [0.1, 0.15) is 44.6 Å². The van der Waals surface area contributed by atoms with E-state index in [1.165, 1.54) is 0 Å². The van der Waals surface area contributed by atoms with Gasteiger partial charge >= 0.3 is 0 Å². The molecule has 0 aliphatic heterocycles. The molecule has 1 N–H and O–H groups in total. The predicted octanol–water partition coefficient (Wildman–Crippen LogP) is 2.95. The van der Waals surface area contributed by atoms with E-state index >= 15 is 0 Å². The van der Waals surface area contributed by atoms with Crippen LogP contribution in [0.4, 0.5) is 0 Å². The Bertz CT molecular complexity index is 493. The van der Waals surface area contributed by atoms with Crippen molar-refractivity contribution in [3.8, 4) is 0 Å². The molecule has 4 nitrogen and oxygen atoms in total. The van der Waals surface area contributed by atoms with Crippen molar-refractivity contribution in [2.75, 3.05) is 20.7 Å². The number of rotatable bonds is 6. The molecular formula is C19H29NO3. The number of nitrogens with zero attached hydrogens (tertiary/aromatic N) is 1. The van der Waals surface area contributed by atoms with Gasteiger partial charge in [-0.25, -0.2) is 0 Å². The van der Waals surface area contributed by atoms with Crippen LogP contribution >= 0.6 is 0 Å². The van der Waals surface area contributed by atoms with E-state index in [9.17, 15) is 9.90 Å². The summed E-state index contributed by atoms with van der Waals surface area (Å²) in [6.45, 7) is 2.07. The van der Waals surface area contributed by atoms with Gasteiger partial charge in [0, 0.05) is 20.6 Å². The summed E-state index contributed by atoms with van der Waals surface area (Å²) in [6, 6.07) is 9.51. The molecule has 0 radical (unpaired) electrons. The molecule has 1 atom stereocenters. The highest BCUT2D eigenvalue weighted by Gasteiger charge is 2.29. The van der Waals surface area contributed by atoms with Crippen molar-refractivity contribution in [1.29, 1.82) is 0 Å². The Hall–Kier alpha value is -1.39. The molecule has 23 heavy (non-hydrogen) atoms. The number of ether oxygens (including phenoxy) is 1. The van der Waals surface area contributed by atoms with E-state index < -0.39 is 5.60 Å². The molecule has 1 aliphatic carbocycles. The highest BCUT2D eigenvalue weighted by atomic mass is 16.5. The van der Waals surface area contributed by atoms with Gasteiger partial charge in [-0.05, 0) is 44.1 Å². The molecule has 1 unspecified atom stereocenters. The first-order valence-corrected chi connectivity index (χ1v) is 8.47. The number of carbonyl (C=O) groups excluding carboxylic acids is 1. The summed E-state index contributed by atoms with van der Waals surface area (Å²) >= 11 is 0. The molecular weight excluding hydrogens is 290 g/mol. The number of aliphatic hydroxyl groups is 1. The van der Waals surface area contributed by atoms with Crippen LogP contribution in [0.2, 0.25) is 0 Å². The van der Waals surface area contributed by atoms with Crippen molar-refractivity contribution in [3.05, 3.63) is 35.9 Å². The molecule has 0 aromatic heterocycles. The van der Waals surface area contributed by atoms with Crippen LogP contribution in [-0.4, -0.2) is 42.7 Å². The molecule has 1 aliphatic rings. The molecule has 1 saturated carbocycles. The first-order valence-electron chi connectivity index (χ1n) is 8.47. The molecule has 1 aromatic carbocycles. The predicted molar refractivity (Wildman–Crippen MR) is 91.0 cm³/mol. The average Bonchev–Trinajstić information content (AvgIpc) is 2.56. The number of likely N-dealkylation sites (N-methyl/N-ethyl adjacent to an activating group) is 1. The van der Waals surface area contributed by atoms with Gasteiger partial charge in [0.15, 0.2) is 0 Å². The zero-order valence-electron chi connectivity index (χ0n) is 14.5. The first kappa shape index (κ1) is 18.0. The maximum atomic E-state index is 12.5. The van der Waals surface area contributed by atoms with Gasteiger partial charge < -0.3 is 14.7 Å².